The summed E-state index contributed by atoms with van der Waals surface area (Å²) < 4.78 is 51.2. The molecule has 0 heterocycles. The standard InChI is InChI=1S/C18H15NO4S2/c19-18-16(24(20,21)14-8-3-1-4-9-14)12-7-13-17(18)25(22,23)15-10-5-2-6-11-15/h1-13H,19H2. The Kier molecular flexibility index (Phi) is 4.36. The molecule has 0 saturated heterocycles. The van der Waals surface area contributed by atoms with Gasteiger partial charge in [-0.1, -0.05) is 42.5 Å². The minimum Gasteiger partial charge on any atom is -0.397 e. The molecule has 0 aliphatic rings. The van der Waals surface area contributed by atoms with Gasteiger partial charge in [-0.25, -0.2) is 16.8 Å². The molecule has 0 fully saturated rings. The number of benzene rings is 3. The second-order valence-electron chi connectivity index (χ2n) is 5.30. The van der Waals surface area contributed by atoms with E-state index in [9.17, 15) is 16.8 Å². The lowest BCUT2D eigenvalue weighted by molar-refractivity contribution is 0.595. The van der Waals surface area contributed by atoms with E-state index in [1.807, 2.05) is 0 Å². The molecule has 0 amide bonds. The van der Waals surface area contributed by atoms with E-state index in [4.69, 9.17) is 5.73 Å². The summed E-state index contributed by atoms with van der Waals surface area (Å²) in [7, 11) is -7.85. The first-order valence-corrected chi connectivity index (χ1v) is 10.3. The lowest BCUT2D eigenvalue weighted by atomic mass is 10.3. The average molecular weight is 373 g/mol. The lowest BCUT2D eigenvalue weighted by Crippen LogP contribution is -2.11. The van der Waals surface area contributed by atoms with Crippen molar-refractivity contribution in [1.82, 2.24) is 0 Å². The number of anilines is 1. The third-order valence-corrected chi connectivity index (χ3v) is 7.37. The summed E-state index contributed by atoms with van der Waals surface area (Å²) in [5.74, 6) is 0. The van der Waals surface area contributed by atoms with Gasteiger partial charge in [-0.05, 0) is 36.4 Å². The summed E-state index contributed by atoms with van der Waals surface area (Å²) in [6.07, 6.45) is 0. The van der Waals surface area contributed by atoms with E-state index in [1.54, 1.807) is 36.4 Å². The Hall–Kier alpha value is -2.64. The summed E-state index contributed by atoms with van der Waals surface area (Å²) in [5.41, 5.74) is 5.69. The Balaban J connectivity index is 2.20. The van der Waals surface area contributed by atoms with E-state index in [1.165, 1.54) is 42.5 Å². The second kappa shape index (κ2) is 6.34. The van der Waals surface area contributed by atoms with Crippen LogP contribution in [0.5, 0.6) is 0 Å². The molecule has 0 saturated carbocycles. The van der Waals surface area contributed by atoms with Crippen LogP contribution in [0.15, 0.2) is 98.4 Å². The molecule has 0 aromatic heterocycles. The summed E-state index contributed by atoms with van der Waals surface area (Å²) in [6, 6.07) is 19.5. The highest BCUT2D eigenvalue weighted by molar-refractivity contribution is 7.92. The maximum Gasteiger partial charge on any atom is 0.208 e. The molecule has 128 valence electrons. The fourth-order valence-corrected chi connectivity index (χ4v) is 5.36. The topological polar surface area (TPSA) is 94.3 Å². The smallest absolute Gasteiger partial charge is 0.208 e. The molecule has 25 heavy (non-hydrogen) atoms. The van der Waals surface area contributed by atoms with Crippen LogP contribution in [0.1, 0.15) is 0 Å². The number of sulfone groups is 2. The van der Waals surface area contributed by atoms with Crippen molar-refractivity contribution in [2.24, 2.45) is 0 Å². The highest BCUT2D eigenvalue weighted by atomic mass is 32.2. The van der Waals surface area contributed by atoms with Crippen molar-refractivity contribution in [3.63, 3.8) is 0 Å². The molecular formula is C18H15NO4S2. The molecule has 2 N–H and O–H groups in total. The molecule has 3 rings (SSSR count). The Bertz CT molecular complexity index is 1020. The Morgan fingerprint density at radius 1 is 0.520 bits per heavy atom. The van der Waals surface area contributed by atoms with Crippen LogP contribution in [0.25, 0.3) is 0 Å². The maximum atomic E-state index is 12.8. The molecule has 0 atom stereocenters. The largest absolute Gasteiger partial charge is 0.397 e. The molecule has 5 nitrogen and oxygen atoms in total. The quantitative estimate of drug-likeness (QED) is 0.710. The van der Waals surface area contributed by atoms with Gasteiger partial charge in [0, 0.05) is 0 Å². The molecule has 0 aliphatic heterocycles. The zero-order chi connectivity index (χ0) is 18.1. The molecule has 0 spiro atoms. The minimum absolute atomic E-state index is 0.0518. The van der Waals surface area contributed by atoms with E-state index in [0.29, 0.717) is 0 Å². The molecule has 3 aromatic rings. The van der Waals surface area contributed by atoms with Gasteiger partial charge in [0.05, 0.1) is 25.3 Å². The summed E-state index contributed by atoms with van der Waals surface area (Å²) in [5, 5.41) is 0. The van der Waals surface area contributed by atoms with Crippen LogP contribution in [0.2, 0.25) is 0 Å². The van der Waals surface area contributed by atoms with E-state index in [-0.39, 0.29) is 25.3 Å². The van der Waals surface area contributed by atoms with Gasteiger partial charge in [0.25, 0.3) is 0 Å². The van der Waals surface area contributed by atoms with Crippen molar-refractivity contribution < 1.29 is 16.8 Å². The molecule has 0 aliphatic carbocycles. The van der Waals surface area contributed by atoms with E-state index < -0.39 is 19.7 Å². The first kappa shape index (κ1) is 17.2. The third-order valence-electron chi connectivity index (χ3n) is 3.71. The van der Waals surface area contributed by atoms with Gasteiger partial charge >= 0.3 is 0 Å². The normalized spacial score (nSPS) is 12.0. The predicted octanol–water partition coefficient (Wildman–Crippen LogP) is 2.93. The van der Waals surface area contributed by atoms with E-state index in [0.717, 1.165) is 0 Å². The maximum absolute atomic E-state index is 12.8. The first-order chi connectivity index (χ1) is 11.8. The van der Waals surface area contributed by atoms with E-state index in [2.05, 4.69) is 0 Å². The van der Waals surface area contributed by atoms with Gasteiger partial charge in [-0.2, -0.15) is 0 Å². The first-order valence-electron chi connectivity index (χ1n) is 7.34. The van der Waals surface area contributed by atoms with Gasteiger partial charge in [-0.3, -0.25) is 0 Å². The van der Waals surface area contributed by atoms with E-state index >= 15 is 0 Å². The zero-order valence-electron chi connectivity index (χ0n) is 13.0. The SMILES string of the molecule is Nc1c(S(=O)(=O)c2ccccc2)cccc1S(=O)(=O)c1ccccc1. The lowest BCUT2D eigenvalue weighted by Gasteiger charge is -2.12. The zero-order valence-corrected chi connectivity index (χ0v) is 14.7. The monoisotopic (exact) mass is 373 g/mol. The summed E-state index contributed by atoms with van der Waals surface area (Å²) >= 11 is 0. The van der Waals surface area contributed by atoms with Gasteiger partial charge in [0.1, 0.15) is 0 Å². The minimum atomic E-state index is -3.92. The van der Waals surface area contributed by atoms with Gasteiger partial charge in [0.2, 0.25) is 19.7 Å². The van der Waals surface area contributed by atoms with Crippen LogP contribution in [-0.4, -0.2) is 16.8 Å². The number of para-hydroxylation sites is 1. The van der Waals surface area contributed by atoms with Gasteiger partial charge in [0.15, 0.2) is 0 Å². The molecule has 0 bridgehead atoms. The third kappa shape index (κ3) is 3.04. The summed E-state index contributed by atoms with van der Waals surface area (Å²) in [6.45, 7) is 0. The fourth-order valence-electron chi connectivity index (χ4n) is 2.45. The van der Waals surface area contributed by atoms with Gasteiger partial charge < -0.3 is 5.73 Å². The predicted molar refractivity (Wildman–Crippen MR) is 94.6 cm³/mol. The Labute approximate surface area is 146 Å². The van der Waals surface area contributed by atoms with Crippen LogP contribution in [0.3, 0.4) is 0 Å². The number of hydrogen-bond acceptors (Lipinski definition) is 5. The Morgan fingerprint density at radius 2 is 0.880 bits per heavy atom. The number of hydrogen-bond donors (Lipinski definition) is 1. The van der Waals surface area contributed by atoms with Crippen molar-refractivity contribution in [3.05, 3.63) is 78.9 Å². The fraction of sp³-hybridized carbons (Fsp3) is 0. The molecule has 7 heteroatoms. The van der Waals surface area contributed by atoms with Crippen molar-refractivity contribution in [2.45, 2.75) is 19.6 Å². The van der Waals surface area contributed by atoms with Crippen LogP contribution < -0.4 is 5.73 Å². The second-order valence-corrected chi connectivity index (χ2v) is 9.14. The molecule has 0 unspecified atom stereocenters. The molecular weight excluding hydrogens is 358 g/mol. The van der Waals surface area contributed by atoms with Crippen molar-refractivity contribution in [2.75, 3.05) is 5.73 Å². The van der Waals surface area contributed by atoms with Crippen LogP contribution >= 0.6 is 0 Å². The number of nitrogens with two attached hydrogens (primary N) is 1. The molecule has 3 aromatic carbocycles. The van der Waals surface area contributed by atoms with Crippen molar-refractivity contribution in [1.29, 1.82) is 0 Å². The van der Waals surface area contributed by atoms with Crippen LogP contribution in [-0.2, 0) is 19.7 Å². The van der Waals surface area contributed by atoms with Crippen molar-refractivity contribution in [3.8, 4) is 0 Å². The number of rotatable bonds is 4. The van der Waals surface area contributed by atoms with Gasteiger partial charge in [-0.15, -0.1) is 0 Å². The van der Waals surface area contributed by atoms with Crippen LogP contribution in [0, 0.1) is 0 Å². The number of nitrogen functional groups attached to an aromatic ring is 1. The highest BCUT2D eigenvalue weighted by Gasteiger charge is 2.27. The molecule has 0 radical (unpaired) electrons. The average Bonchev–Trinajstić information content (AvgIpc) is 2.63. The highest BCUT2D eigenvalue weighted by Crippen LogP contribution is 2.33. The van der Waals surface area contributed by atoms with Crippen molar-refractivity contribution >= 4 is 25.4 Å². The van der Waals surface area contributed by atoms with Crippen LogP contribution in [0.4, 0.5) is 5.69 Å². The Morgan fingerprint density at radius 3 is 1.24 bits per heavy atom. The summed E-state index contributed by atoms with van der Waals surface area (Å²) in [4.78, 5) is -0.349.